The van der Waals surface area contributed by atoms with Crippen molar-refractivity contribution in [2.24, 2.45) is 11.8 Å². The molecular formula is C17H24ClN3O2. The van der Waals surface area contributed by atoms with E-state index < -0.39 is 0 Å². The van der Waals surface area contributed by atoms with E-state index >= 15 is 0 Å². The summed E-state index contributed by atoms with van der Waals surface area (Å²) in [5, 5.41) is 9.14. The van der Waals surface area contributed by atoms with E-state index in [9.17, 15) is 9.59 Å². The van der Waals surface area contributed by atoms with E-state index in [1.165, 1.54) is 12.8 Å². The van der Waals surface area contributed by atoms with Crippen LogP contribution in [-0.4, -0.2) is 32.0 Å². The molecule has 6 heteroatoms. The first-order chi connectivity index (χ1) is 11.0. The summed E-state index contributed by atoms with van der Waals surface area (Å²) >= 11 is 6.01. The van der Waals surface area contributed by atoms with E-state index in [4.69, 9.17) is 11.6 Å². The maximum absolute atomic E-state index is 12.2. The van der Waals surface area contributed by atoms with Gasteiger partial charge in [-0.3, -0.25) is 9.59 Å². The lowest BCUT2D eigenvalue weighted by atomic mass is 9.85. The van der Waals surface area contributed by atoms with Crippen molar-refractivity contribution in [3.05, 3.63) is 28.8 Å². The number of amides is 2. The SMILES string of the molecule is CNC(=O)c1cc(NC(=O)CC(C)C2CCCNC2)ccc1Cl. The van der Waals surface area contributed by atoms with Gasteiger partial charge < -0.3 is 16.0 Å². The van der Waals surface area contributed by atoms with Crippen LogP contribution in [0, 0.1) is 11.8 Å². The number of halogens is 1. The number of hydrogen-bond acceptors (Lipinski definition) is 3. The summed E-state index contributed by atoms with van der Waals surface area (Å²) in [5.41, 5.74) is 0.948. The highest BCUT2D eigenvalue weighted by molar-refractivity contribution is 6.34. The van der Waals surface area contributed by atoms with Crippen LogP contribution in [0.15, 0.2) is 18.2 Å². The molecule has 1 heterocycles. The standard InChI is InChI=1S/C17H24ClN3O2/c1-11(12-4-3-7-20-10-12)8-16(22)21-13-5-6-15(18)14(9-13)17(23)19-2/h5-6,9,11-12,20H,3-4,7-8,10H2,1-2H3,(H,19,23)(H,21,22). The van der Waals surface area contributed by atoms with Crippen LogP contribution in [0.1, 0.15) is 36.5 Å². The van der Waals surface area contributed by atoms with Crippen LogP contribution < -0.4 is 16.0 Å². The van der Waals surface area contributed by atoms with Gasteiger partial charge >= 0.3 is 0 Å². The molecule has 1 aromatic rings. The average Bonchev–Trinajstić information content (AvgIpc) is 2.56. The monoisotopic (exact) mass is 337 g/mol. The van der Waals surface area contributed by atoms with E-state index in [-0.39, 0.29) is 11.8 Å². The van der Waals surface area contributed by atoms with Gasteiger partial charge in [0.05, 0.1) is 10.6 Å². The number of carbonyl (C=O) groups excluding carboxylic acids is 2. The van der Waals surface area contributed by atoms with E-state index in [2.05, 4.69) is 22.9 Å². The van der Waals surface area contributed by atoms with Crippen molar-refractivity contribution in [2.45, 2.75) is 26.2 Å². The van der Waals surface area contributed by atoms with Gasteiger partial charge in [-0.05, 0) is 56.0 Å². The molecule has 1 fully saturated rings. The van der Waals surface area contributed by atoms with Gasteiger partial charge in [0.15, 0.2) is 0 Å². The number of rotatable bonds is 5. The molecule has 5 nitrogen and oxygen atoms in total. The number of benzene rings is 1. The Morgan fingerprint density at radius 2 is 2.22 bits per heavy atom. The Hall–Kier alpha value is -1.59. The fraction of sp³-hybridized carbons (Fsp3) is 0.529. The zero-order valence-electron chi connectivity index (χ0n) is 13.6. The molecule has 23 heavy (non-hydrogen) atoms. The quantitative estimate of drug-likeness (QED) is 0.773. The maximum atomic E-state index is 12.2. The topological polar surface area (TPSA) is 70.2 Å². The third-order valence-corrected chi connectivity index (χ3v) is 4.70. The van der Waals surface area contributed by atoms with E-state index in [0.29, 0.717) is 34.5 Å². The summed E-state index contributed by atoms with van der Waals surface area (Å²) in [6.07, 6.45) is 2.82. The summed E-state index contributed by atoms with van der Waals surface area (Å²) in [5.74, 6) is 0.565. The van der Waals surface area contributed by atoms with Crippen molar-refractivity contribution in [3.8, 4) is 0 Å². The Morgan fingerprint density at radius 1 is 1.43 bits per heavy atom. The van der Waals surface area contributed by atoms with Crippen LogP contribution in [0.3, 0.4) is 0 Å². The number of nitrogens with one attached hydrogen (secondary N) is 3. The molecule has 0 bridgehead atoms. The second kappa shape index (κ2) is 8.31. The first-order valence-electron chi connectivity index (χ1n) is 8.03. The van der Waals surface area contributed by atoms with Crippen molar-refractivity contribution in [1.82, 2.24) is 10.6 Å². The molecule has 2 atom stereocenters. The fourth-order valence-corrected chi connectivity index (χ4v) is 3.15. The molecule has 0 radical (unpaired) electrons. The van der Waals surface area contributed by atoms with Gasteiger partial charge in [-0.2, -0.15) is 0 Å². The third-order valence-electron chi connectivity index (χ3n) is 4.37. The first-order valence-corrected chi connectivity index (χ1v) is 8.41. The summed E-state index contributed by atoms with van der Waals surface area (Å²) < 4.78 is 0. The Labute approximate surface area is 142 Å². The summed E-state index contributed by atoms with van der Waals surface area (Å²) in [7, 11) is 1.55. The van der Waals surface area contributed by atoms with Gasteiger partial charge in [-0.15, -0.1) is 0 Å². The number of hydrogen-bond donors (Lipinski definition) is 3. The number of anilines is 1. The first kappa shape index (κ1) is 17.8. The maximum Gasteiger partial charge on any atom is 0.252 e. The predicted octanol–water partition coefficient (Wildman–Crippen LogP) is 2.66. The zero-order valence-corrected chi connectivity index (χ0v) is 14.4. The Kier molecular flexibility index (Phi) is 6.42. The lowest BCUT2D eigenvalue weighted by Gasteiger charge is -2.28. The summed E-state index contributed by atoms with van der Waals surface area (Å²) in [4.78, 5) is 24.0. The molecule has 2 unspecified atom stereocenters. The minimum Gasteiger partial charge on any atom is -0.355 e. The Morgan fingerprint density at radius 3 is 2.87 bits per heavy atom. The molecule has 1 saturated heterocycles. The Bertz CT molecular complexity index is 571. The smallest absolute Gasteiger partial charge is 0.252 e. The molecule has 126 valence electrons. The molecule has 3 N–H and O–H groups in total. The van der Waals surface area contributed by atoms with Crippen molar-refractivity contribution in [1.29, 1.82) is 0 Å². The molecule has 1 aliphatic heterocycles. The normalized spacial score (nSPS) is 19.0. The van der Waals surface area contributed by atoms with Crippen molar-refractivity contribution >= 4 is 29.1 Å². The predicted molar refractivity (Wildman–Crippen MR) is 92.8 cm³/mol. The fourth-order valence-electron chi connectivity index (χ4n) is 2.95. The summed E-state index contributed by atoms with van der Waals surface area (Å²) in [6, 6.07) is 4.93. The lowest BCUT2D eigenvalue weighted by molar-refractivity contribution is -0.117. The highest BCUT2D eigenvalue weighted by atomic mass is 35.5. The van der Waals surface area contributed by atoms with E-state index in [1.807, 2.05) is 0 Å². The Balaban J connectivity index is 1.95. The second-order valence-electron chi connectivity index (χ2n) is 6.11. The van der Waals surface area contributed by atoms with E-state index in [0.717, 1.165) is 13.1 Å². The van der Waals surface area contributed by atoms with Gasteiger partial charge in [0.2, 0.25) is 5.91 Å². The molecule has 1 aromatic carbocycles. The molecule has 0 aromatic heterocycles. The largest absolute Gasteiger partial charge is 0.355 e. The highest BCUT2D eigenvalue weighted by Gasteiger charge is 2.22. The van der Waals surface area contributed by atoms with Crippen molar-refractivity contribution in [2.75, 3.05) is 25.5 Å². The second-order valence-corrected chi connectivity index (χ2v) is 6.52. The van der Waals surface area contributed by atoms with Crippen LogP contribution in [-0.2, 0) is 4.79 Å². The minimum atomic E-state index is -0.271. The molecule has 2 amide bonds. The van der Waals surface area contributed by atoms with Gasteiger partial charge in [0, 0.05) is 19.2 Å². The number of piperidine rings is 1. The third kappa shape index (κ3) is 4.94. The van der Waals surface area contributed by atoms with Gasteiger partial charge in [0.25, 0.3) is 5.91 Å². The van der Waals surface area contributed by atoms with Gasteiger partial charge in [0.1, 0.15) is 0 Å². The van der Waals surface area contributed by atoms with Crippen LogP contribution in [0.5, 0.6) is 0 Å². The van der Waals surface area contributed by atoms with Gasteiger partial charge in [-0.1, -0.05) is 18.5 Å². The highest BCUT2D eigenvalue weighted by Crippen LogP contribution is 2.24. The minimum absolute atomic E-state index is 0.0340. The van der Waals surface area contributed by atoms with Crippen LogP contribution >= 0.6 is 11.6 Å². The molecular weight excluding hydrogens is 314 g/mol. The van der Waals surface area contributed by atoms with Crippen molar-refractivity contribution < 1.29 is 9.59 Å². The van der Waals surface area contributed by atoms with Crippen LogP contribution in [0.4, 0.5) is 5.69 Å². The lowest BCUT2D eigenvalue weighted by Crippen LogP contribution is -2.34. The van der Waals surface area contributed by atoms with Crippen LogP contribution in [0.25, 0.3) is 0 Å². The summed E-state index contributed by atoms with van der Waals surface area (Å²) in [6.45, 7) is 4.17. The number of carbonyl (C=O) groups is 2. The van der Waals surface area contributed by atoms with Crippen LogP contribution in [0.2, 0.25) is 5.02 Å². The van der Waals surface area contributed by atoms with Crippen molar-refractivity contribution in [3.63, 3.8) is 0 Å². The average molecular weight is 338 g/mol. The molecule has 0 aliphatic carbocycles. The molecule has 2 rings (SSSR count). The zero-order chi connectivity index (χ0) is 16.8. The molecule has 0 spiro atoms. The van der Waals surface area contributed by atoms with E-state index in [1.54, 1.807) is 25.2 Å². The molecule has 0 saturated carbocycles. The van der Waals surface area contributed by atoms with Gasteiger partial charge in [-0.25, -0.2) is 0 Å². The molecule has 1 aliphatic rings.